The lowest BCUT2D eigenvalue weighted by Crippen LogP contribution is -2.34. The maximum Gasteiger partial charge on any atom is 0.267 e. The second kappa shape index (κ2) is 11.4. The van der Waals surface area contributed by atoms with E-state index in [4.69, 9.17) is 9.47 Å². The van der Waals surface area contributed by atoms with E-state index < -0.39 is 0 Å². The highest BCUT2D eigenvalue weighted by molar-refractivity contribution is 7.13. The number of nitrogens with zero attached hydrogens (tertiary/aromatic N) is 3. The molecule has 2 heterocycles. The first-order valence-corrected chi connectivity index (χ1v) is 12.1. The number of carbonyl (C=O) groups excluding carboxylic acids is 1. The summed E-state index contributed by atoms with van der Waals surface area (Å²) in [6, 6.07) is 18.2. The lowest BCUT2D eigenvalue weighted by atomic mass is 10.1. The van der Waals surface area contributed by atoms with E-state index in [-0.39, 0.29) is 18.0 Å². The van der Waals surface area contributed by atoms with Gasteiger partial charge in [-0.05, 0) is 61.5 Å². The van der Waals surface area contributed by atoms with Crippen molar-refractivity contribution in [3.63, 3.8) is 0 Å². The van der Waals surface area contributed by atoms with Crippen molar-refractivity contribution in [3.05, 3.63) is 82.1 Å². The van der Waals surface area contributed by atoms with Crippen LogP contribution in [-0.2, 0) is 17.8 Å². The first-order valence-electron chi connectivity index (χ1n) is 11.2. The Morgan fingerprint density at radius 2 is 1.71 bits per heavy atom. The third kappa shape index (κ3) is 6.33. The number of nitrogens with one attached hydrogen (secondary N) is 1. The van der Waals surface area contributed by atoms with Crippen LogP contribution in [0.3, 0.4) is 0 Å². The third-order valence-electron chi connectivity index (χ3n) is 5.21. The molecular weight excluding hydrogens is 464 g/mol. The molecule has 9 heteroatoms. The van der Waals surface area contributed by atoms with Gasteiger partial charge in [0.2, 0.25) is 5.91 Å². The minimum absolute atomic E-state index is 0.155. The number of aromatic nitrogens is 3. The van der Waals surface area contributed by atoms with Crippen molar-refractivity contribution in [1.82, 2.24) is 20.1 Å². The number of ether oxygens (including phenoxy) is 2. The average molecular weight is 491 g/mol. The van der Waals surface area contributed by atoms with E-state index in [9.17, 15) is 9.59 Å². The van der Waals surface area contributed by atoms with Crippen LogP contribution in [0.2, 0.25) is 0 Å². The van der Waals surface area contributed by atoms with Gasteiger partial charge in [0, 0.05) is 35.5 Å². The monoisotopic (exact) mass is 490 g/mol. The molecule has 0 radical (unpaired) electrons. The molecule has 0 fully saturated rings. The molecular formula is C26H26N4O4S. The third-order valence-corrected chi connectivity index (χ3v) is 6.15. The molecule has 0 saturated heterocycles. The van der Waals surface area contributed by atoms with E-state index in [1.807, 2.05) is 60.8 Å². The van der Waals surface area contributed by atoms with Gasteiger partial charge in [-0.25, -0.2) is 9.67 Å². The van der Waals surface area contributed by atoms with E-state index in [0.29, 0.717) is 25.3 Å². The highest BCUT2D eigenvalue weighted by Crippen LogP contribution is 2.25. The number of thiazole rings is 1. The largest absolute Gasteiger partial charge is 0.497 e. The highest BCUT2D eigenvalue weighted by atomic mass is 32.1. The van der Waals surface area contributed by atoms with Crippen molar-refractivity contribution in [3.8, 4) is 33.3 Å². The SMILES string of the molecule is CCOc1ccc(-c2ccc(=O)n(CC(=O)NCCc3csc(-c4ccc(OC)cc4)n3)n2)cc1. The fourth-order valence-electron chi connectivity index (χ4n) is 3.41. The van der Waals surface area contributed by atoms with Crippen LogP contribution < -0.4 is 20.3 Å². The van der Waals surface area contributed by atoms with E-state index in [2.05, 4.69) is 15.4 Å². The van der Waals surface area contributed by atoms with Crippen molar-refractivity contribution in [2.45, 2.75) is 19.9 Å². The Bertz CT molecular complexity index is 1330. The molecule has 0 unspecified atom stereocenters. The number of rotatable bonds is 10. The molecule has 0 spiro atoms. The average Bonchev–Trinajstić information content (AvgIpc) is 3.35. The summed E-state index contributed by atoms with van der Waals surface area (Å²) >= 11 is 1.55. The molecule has 0 atom stereocenters. The fourth-order valence-corrected chi connectivity index (χ4v) is 4.27. The topological polar surface area (TPSA) is 95.3 Å². The van der Waals surface area contributed by atoms with E-state index >= 15 is 0 Å². The Hall–Kier alpha value is -3.98. The van der Waals surface area contributed by atoms with Gasteiger partial charge in [0.05, 0.1) is 25.1 Å². The van der Waals surface area contributed by atoms with Gasteiger partial charge in [-0.15, -0.1) is 11.3 Å². The number of hydrogen-bond donors (Lipinski definition) is 1. The number of benzene rings is 2. The first kappa shape index (κ1) is 24.2. The Morgan fingerprint density at radius 3 is 2.43 bits per heavy atom. The molecule has 8 nitrogen and oxygen atoms in total. The Balaban J connectivity index is 1.32. The van der Waals surface area contributed by atoms with Crippen molar-refractivity contribution in [2.24, 2.45) is 0 Å². The summed E-state index contributed by atoms with van der Waals surface area (Å²) in [7, 11) is 1.63. The molecule has 180 valence electrons. The predicted octanol–water partition coefficient (Wildman–Crippen LogP) is 3.80. The molecule has 2 aromatic carbocycles. The van der Waals surface area contributed by atoms with E-state index in [0.717, 1.165) is 33.3 Å². The maximum absolute atomic E-state index is 12.4. The van der Waals surface area contributed by atoms with Crippen molar-refractivity contribution in [2.75, 3.05) is 20.3 Å². The molecule has 4 aromatic rings. The van der Waals surface area contributed by atoms with Gasteiger partial charge < -0.3 is 14.8 Å². The summed E-state index contributed by atoms with van der Waals surface area (Å²) in [5.74, 6) is 1.28. The molecule has 4 rings (SSSR count). The minimum Gasteiger partial charge on any atom is -0.497 e. The Morgan fingerprint density at radius 1 is 1.00 bits per heavy atom. The lowest BCUT2D eigenvalue weighted by Gasteiger charge is -2.09. The summed E-state index contributed by atoms with van der Waals surface area (Å²) in [4.78, 5) is 29.3. The Kier molecular flexibility index (Phi) is 7.89. The second-order valence-corrected chi connectivity index (χ2v) is 8.50. The fraction of sp³-hybridized carbons (Fsp3) is 0.231. The van der Waals surface area contributed by atoms with Crippen LogP contribution in [-0.4, -0.2) is 40.9 Å². The first-order chi connectivity index (χ1) is 17.1. The van der Waals surface area contributed by atoms with Crippen LogP contribution in [0.5, 0.6) is 11.5 Å². The van der Waals surface area contributed by atoms with Crippen molar-refractivity contribution >= 4 is 17.2 Å². The molecule has 35 heavy (non-hydrogen) atoms. The zero-order valence-electron chi connectivity index (χ0n) is 19.6. The van der Waals surface area contributed by atoms with E-state index in [1.54, 1.807) is 24.5 Å². The van der Waals surface area contributed by atoms with Crippen LogP contribution in [0, 0.1) is 0 Å². The van der Waals surface area contributed by atoms with Gasteiger partial charge in [-0.2, -0.15) is 5.10 Å². The summed E-state index contributed by atoms with van der Waals surface area (Å²) in [6.07, 6.45) is 0.590. The van der Waals surface area contributed by atoms with Crippen LogP contribution in [0.4, 0.5) is 0 Å². The second-order valence-electron chi connectivity index (χ2n) is 7.64. The smallest absolute Gasteiger partial charge is 0.267 e. The normalized spacial score (nSPS) is 10.7. The zero-order valence-corrected chi connectivity index (χ0v) is 20.4. The molecule has 1 amide bonds. The standard InChI is InChI=1S/C26H26N4O4S/c1-3-34-22-10-4-18(5-11-22)23-12-13-25(32)30(29-23)16-24(31)27-15-14-20-17-35-26(28-20)19-6-8-21(33-2)9-7-19/h4-13,17H,3,14-16H2,1-2H3,(H,27,31). The highest BCUT2D eigenvalue weighted by Gasteiger charge is 2.10. The molecule has 0 saturated carbocycles. The summed E-state index contributed by atoms with van der Waals surface area (Å²) in [5, 5.41) is 10.1. The van der Waals surface area contributed by atoms with Gasteiger partial charge in [-0.1, -0.05) is 0 Å². The van der Waals surface area contributed by atoms with Gasteiger partial charge in [0.25, 0.3) is 5.56 Å². The summed E-state index contributed by atoms with van der Waals surface area (Å²) < 4.78 is 11.8. The quantitative estimate of drug-likeness (QED) is 0.363. The summed E-state index contributed by atoms with van der Waals surface area (Å²) in [6.45, 7) is 2.77. The molecule has 0 aliphatic carbocycles. The van der Waals surface area contributed by atoms with Gasteiger partial charge in [-0.3, -0.25) is 9.59 Å². The molecule has 0 bridgehead atoms. The van der Waals surface area contributed by atoms with Crippen molar-refractivity contribution < 1.29 is 14.3 Å². The number of amides is 1. The van der Waals surface area contributed by atoms with Crippen LogP contribution >= 0.6 is 11.3 Å². The van der Waals surface area contributed by atoms with Crippen molar-refractivity contribution in [1.29, 1.82) is 0 Å². The van der Waals surface area contributed by atoms with Crippen LogP contribution in [0.25, 0.3) is 21.8 Å². The minimum atomic E-state index is -0.335. The molecule has 1 N–H and O–H groups in total. The molecule has 2 aromatic heterocycles. The molecule has 0 aliphatic rings. The zero-order chi connectivity index (χ0) is 24.6. The number of methoxy groups -OCH3 is 1. The van der Waals surface area contributed by atoms with Crippen LogP contribution in [0.1, 0.15) is 12.6 Å². The summed E-state index contributed by atoms with van der Waals surface area (Å²) in [5.41, 5.74) is 3.02. The van der Waals surface area contributed by atoms with Gasteiger partial charge >= 0.3 is 0 Å². The maximum atomic E-state index is 12.4. The predicted molar refractivity (Wildman–Crippen MR) is 136 cm³/mol. The van der Waals surface area contributed by atoms with Crippen LogP contribution in [0.15, 0.2) is 70.8 Å². The lowest BCUT2D eigenvalue weighted by molar-refractivity contribution is -0.121. The van der Waals surface area contributed by atoms with Gasteiger partial charge in [0.1, 0.15) is 23.1 Å². The number of hydrogen-bond acceptors (Lipinski definition) is 7. The van der Waals surface area contributed by atoms with E-state index in [1.165, 1.54) is 10.7 Å². The van der Waals surface area contributed by atoms with Gasteiger partial charge in [0.15, 0.2) is 0 Å². The molecule has 0 aliphatic heterocycles. The Labute approximate surface area is 207 Å². The number of carbonyl (C=O) groups is 1.